The summed E-state index contributed by atoms with van der Waals surface area (Å²) in [6.45, 7) is 3.42. The van der Waals surface area contributed by atoms with Gasteiger partial charge in [0.2, 0.25) is 0 Å². The monoisotopic (exact) mass is 274 g/mol. The molecule has 104 valence electrons. The van der Waals surface area contributed by atoms with Crippen LogP contribution < -0.4 is 9.47 Å². The Hall–Kier alpha value is -2.50. The molecule has 0 unspecified atom stereocenters. The van der Waals surface area contributed by atoms with E-state index in [-0.39, 0.29) is 5.69 Å². The highest BCUT2D eigenvalue weighted by molar-refractivity contribution is 5.87. The van der Waals surface area contributed by atoms with Crippen LogP contribution in [0.25, 0.3) is 11.3 Å². The second kappa shape index (κ2) is 4.88. The predicted octanol–water partition coefficient (Wildman–Crippen LogP) is 2.04. The van der Waals surface area contributed by atoms with Crippen molar-refractivity contribution in [3.63, 3.8) is 0 Å². The molecular formula is C14H14N2O4. The van der Waals surface area contributed by atoms with Gasteiger partial charge in [0, 0.05) is 12.1 Å². The number of carbonyl (C=O) groups is 1. The van der Waals surface area contributed by atoms with E-state index in [0.717, 1.165) is 5.56 Å². The highest BCUT2D eigenvalue weighted by Crippen LogP contribution is 2.34. The zero-order valence-corrected chi connectivity index (χ0v) is 11.0. The molecule has 0 fully saturated rings. The molecule has 6 heteroatoms. The molecule has 2 aromatic rings. The molecule has 3 rings (SSSR count). The van der Waals surface area contributed by atoms with E-state index < -0.39 is 5.97 Å². The Morgan fingerprint density at radius 1 is 1.30 bits per heavy atom. The predicted molar refractivity (Wildman–Crippen MR) is 71.3 cm³/mol. The molecule has 1 aliphatic heterocycles. The number of aryl methyl sites for hydroxylation is 1. The van der Waals surface area contributed by atoms with Crippen molar-refractivity contribution in [2.45, 2.75) is 13.5 Å². The van der Waals surface area contributed by atoms with E-state index in [1.54, 1.807) is 6.07 Å². The summed E-state index contributed by atoms with van der Waals surface area (Å²) in [7, 11) is 0. The molecule has 20 heavy (non-hydrogen) atoms. The van der Waals surface area contributed by atoms with Crippen molar-refractivity contribution >= 4 is 5.97 Å². The number of hydrogen-bond donors (Lipinski definition) is 1. The number of fused-ring (bicyclic) bond motifs is 1. The van der Waals surface area contributed by atoms with Crippen LogP contribution in [0.3, 0.4) is 0 Å². The van der Waals surface area contributed by atoms with Crippen molar-refractivity contribution in [2.75, 3.05) is 13.2 Å². The minimum Gasteiger partial charge on any atom is -0.486 e. The lowest BCUT2D eigenvalue weighted by Crippen LogP contribution is -2.15. The van der Waals surface area contributed by atoms with Crippen molar-refractivity contribution in [3.05, 3.63) is 30.0 Å². The molecular weight excluding hydrogens is 260 g/mol. The maximum Gasteiger partial charge on any atom is 0.354 e. The van der Waals surface area contributed by atoms with Crippen LogP contribution in [0.5, 0.6) is 11.5 Å². The van der Waals surface area contributed by atoms with Crippen LogP contribution >= 0.6 is 0 Å². The fraction of sp³-hybridized carbons (Fsp3) is 0.286. The molecule has 1 N–H and O–H groups in total. The number of benzene rings is 1. The highest BCUT2D eigenvalue weighted by Gasteiger charge is 2.17. The third-order valence-electron chi connectivity index (χ3n) is 3.14. The van der Waals surface area contributed by atoms with Gasteiger partial charge in [0.25, 0.3) is 0 Å². The first-order valence-electron chi connectivity index (χ1n) is 6.40. The van der Waals surface area contributed by atoms with Crippen LogP contribution in [0.2, 0.25) is 0 Å². The van der Waals surface area contributed by atoms with Gasteiger partial charge in [0.05, 0.1) is 5.69 Å². The van der Waals surface area contributed by atoms with Gasteiger partial charge >= 0.3 is 5.97 Å². The minimum absolute atomic E-state index is 0.178. The summed E-state index contributed by atoms with van der Waals surface area (Å²) in [4.78, 5) is 11.2. The number of hydrogen-bond acceptors (Lipinski definition) is 4. The molecule has 1 aliphatic rings. The molecule has 0 amide bonds. The molecule has 0 aliphatic carbocycles. The lowest BCUT2D eigenvalue weighted by molar-refractivity contribution is 0.0683. The molecule has 0 atom stereocenters. The number of carboxylic acid groups (broad SMARTS) is 1. The van der Waals surface area contributed by atoms with Gasteiger partial charge < -0.3 is 14.6 Å². The van der Waals surface area contributed by atoms with Crippen molar-refractivity contribution < 1.29 is 19.4 Å². The Bertz CT molecular complexity index is 663. The number of aromatic nitrogens is 2. The van der Waals surface area contributed by atoms with E-state index in [2.05, 4.69) is 5.10 Å². The van der Waals surface area contributed by atoms with E-state index >= 15 is 0 Å². The first-order chi connectivity index (χ1) is 9.69. The van der Waals surface area contributed by atoms with E-state index in [0.29, 0.717) is 37.0 Å². The smallest absolute Gasteiger partial charge is 0.354 e. The minimum atomic E-state index is -0.983. The summed E-state index contributed by atoms with van der Waals surface area (Å²) in [6.07, 6.45) is 0. The van der Waals surface area contributed by atoms with Gasteiger partial charge in [-0.3, -0.25) is 4.68 Å². The van der Waals surface area contributed by atoms with Crippen LogP contribution in [0.4, 0.5) is 0 Å². The Kier molecular flexibility index (Phi) is 3.06. The molecule has 1 aromatic heterocycles. The van der Waals surface area contributed by atoms with Gasteiger partial charge in [-0.25, -0.2) is 4.79 Å². The molecule has 0 saturated carbocycles. The Morgan fingerprint density at radius 2 is 2.05 bits per heavy atom. The quantitative estimate of drug-likeness (QED) is 0.927. The summed E-state index contributed by atoms with van der Waals surface area (Å²) in [6, 6.07) is 7.05. The third-order valence-corrected chi connectivity index (χ3v) is 3.14. The van der Waals surface area contributed by atoms with E-state index in [9.17, 15) is 4.79 Å². The fourth-order valence-electron chi connectivity index (χ4n) is 2.17. The lowest BCUT2D eigenvalue weighted by atomic mass is 10.1. The highest BCUT2D eigenvalue weighted by atomic mass is 16.6. The van der Waals surface area contributed by atoms with Crippen LogP contribution in [-0.4, -0.2) is 34.1 Å². The zero-order valence-electron chi connectivity index (χ0n) is 11.0. The van der Waals surface area contributed by atoms with Crippen LogP contribution in [-0.2, 0) is 6.54 Å². The summed E-state index contributed by atoms with van der Waals surface area (Å²) < 4.78 is 12.4. The lowest BCUT2D eigenvalue weighted by Gasteiger charge is -2.18. The number of rotatable bonds is 3. The van der Waals surface area contributed by atoms with Gasteiger partial charge in [-0.2, -0.15) is 5.10 Å². The number of nitrogens with zero attached hydrogens (tertiary/aromatic N) is 2. The zero-order chi connectivity index (χ0) is 14.1. The van der Waals surface area contributed by atoms with Gasteiger partial charge in [-0.15, -0.1) is 0 Å². The first kappa shape index (κ1) is 12.5. The summed E-state index contributed by atoms with van der Waals surface area (Å²) >= 11 is 0. The standard InChI is InChI=1S/C14H14N2O4/c1-2-16-11(14(17)18)8-10(15-16)9-3-4-12-13(7-9)20-6-5-19-12/h3-4,7-8H,2,5-6H2,1H3,(H,17,18). The van der Waals surface area contributed by atoms with Crippen molar-refractivity contribution in [1.82, 2.24) is 9.78 Å². The summed E-state index contributed by atoms with van der Waals surface area (Å²) in [5, 5.41) is 13.5. The summed E-state index contributed by atoms with van der Waals surface area (Å²) in [5.41, 5.74) is 1.60. The van der Waals surface area contributed by atoms with Gasteiger partial charge in [-0.1, -0.05) is 0 Å². The topological polar surface area (TPSA) is 73.6 Å². The van der Waals surface area contributed by atoms with Gasteiger partial charge in [-0.05, 0) is 31.2 Å². The average molecular weight is 274 g/mol. The molecule has 0 saturated heterocycles. The Labute approximate surface area is 115 Å². The average Bonchev–Trinajstić information content (AvgIpc) is 2.91. The second-order valence-corrected chi connectivity index (χ2v) is 4.39. The Morgan fingerprint density at radius 3 is 2.70 bits per heavy atom. The van der Waals surface area contributed by atoms with Crippen molar-refractivity contribution in [3.8, 4) is 22.8 Å². The first-order valence-corrected chi connectivity index (χ1v) is 6.40. The Balaban J connectivity index is 2.02. The maximum atomic E-state index is 11.2. The largest absolute Gasteiger partial charge is 0.486 e. The SMILES string of the molecule is CCn1nc(-c2ccc3c(c2)OCCO3)cc1C(=O)O. The molecule has 1 aromatic carbocycles. The maximum absolute atomic E-state index is 11.2. The molecule has 6 nitrogen and oxygen atoms in total. The molecule has 0 spiro atoms. The van der Waals surface area contributed by atoms with Crippen LogP contribution in [0, 0.1) is 0 Å². The number of carboxylic acids is 1. The van der Waals surface area contributed by atoms with Crippen LogP contribution in [0.15, 0.2) is 24.3 Å². The van der Waals surface area contributed by atoms with E-state index in [1.807, 2.05) is 25.1 Å². The number of ether oxygens (including phenoxy) is 2. The summed E-state index contributed by atoms with van der Waals surface area (Å²) in [5.74, 6) is 0.383. The second-order valence-electron chi connectivity index (χ2n) is 4.39. The third kappa shape index (κ3) is 2.09. The van der Waals surface area contributed by atoms with Gasteiger partial charge in [0.1, 0.15) is 18.9 Å². The molecule has 2 heterocycles. The number of aromatic carboxylic acids is 1. The molecule has 0 radical (unpaired) electrons. The molecule has 0 bridgehead atoms. The van der Waals surface area contributed by atoms with Gasteiger partial charge in [0.15, 0.2) is 11.5 Å². The van der Waals surface area contributed by atoms with E-state index in [1.165, 1.54) is 4.68 Å². The van der Waals surface area contributed by atoms with E-state index in [4.69, 9.17) is 14.6 Å². The normalized spacial score (nSPS) is 13.2. The fourth-order valence-corrected chi connectivity index (χ4v) is 2.17. The van der Waals surface area contributed by atoms with Crippen molar-refractivity contribution in [2.24, 2.45) is 0 Å². The van der Waals surface area contributed by atoms with Crippen molar-refractivity contribution in [1.29, 1.82) is 0 Å². The van der Waals surface area contributed by atoms with Crippen LogP contribution in [0.1, 0.15) is 17.4 Å².